The molecule has 1 atom stereocenters. The minimum Gasteiger partial charge on any atom is -0.497 e. The second-order valence-corrected chi connectivity index (χ2v) is 4.33. The van der Waals surface area contributed by atoms with Crippen molar-refractivity contribution in [1.82, 2.24) is 0 Å². The zero-order valence-electron chi connectivity index (χ0n) is 10.6. The Morgan fingerprint density at radius 1 is 1.37 bits per heavy atom. The molecule has 0 spiro atoms. The van der Waals surface area contributed by atoms with Crippen LogP contribution in [0.3, 0.4) is 0 Å². The van der Waals surface area contributed by atoms with Gasteiger partial charge in [-0.15, -0.1) is 0 Å². The van der Waals surface area contributed by atoms with E-state index in [1.807, 2.05) is 6.07 Å². The molecule has 1 aromatic heterocycles. The highest BCUT2D eigenvalue weighted by Gasteiger charge is 2.09. The first-order valence-electron chi connectivity index (χ1n) is 6.03. The maximum atomic E-state index is 11.5. The number of hydrogen-bond donors (Lipinski definition) is 2. The SMILES string of the molecule is COc1ccc2c(CCC(O)CO)cc(=O)oc2c1. The lowest BCUT2D eigenvalue weighted by Gasteiger charge is -2.09. The first-order chi connectivity index (χ1) is 9.13. The standard InChI is InChI=1S/C14H16O5/c1-18-11-4-5-12-9(2-3-10(16)8-15)6-14(17)19-13(12)7-11/h4-7,10,15-16H,2-3,8H2,1H3. The molecule has 0 fully saturated rings. The number of methoxy groups -OCH3 is 1. The molecule has 2 aromatic rings. The Bertz CT molecular complexity index is 617. The minimum absolute atomic E-state index is 0.285. The van der Waals surface area contributed by atoms with E-state index in [4.69, 9.17) is 14.3 Å². The van der Waals surface area contributed by atoms with E-state index in [9.17, 15) is 9.90 Å². The van der Waals surface area contributed by atoms with Crippen LogP contribution in [0.2, 0.25) is 0 Å². The van der Waals surface area contributed by atoms with Crippen molar-refractivity contribution in [1.29, 1.82) is 0 Å². The van der Waals surface area contributed by atoms with E-state index in [0.717, 1.165) is 10.9 Å². The zero-order valence-corrected chi connectivity index (χ0v) is 10.6. The van der Waals surface area contributed by atoms with Gasteiger partial charge in [0.05, 0.1) is 19.8 Å². The molecule has 102 valence electrons. The fourth-order valence-electron chi connectivity index (χ4n) is 1.96. The second kappa shape index (κ2) is 5.86. The molecule has 1 unspecified atom stereocenters. The van der Waals surface area contributed by atoms with Crippen LogP contribution in [0.4, 0.5) is 0 Å². The lowest BCUT2D eigenvalue weighted by atomic mass is 10.0. The van der Waals surface area contributed by atoms with Crippen molar-refractivity contribution in [3.05, 3.63) is 40.2 Å². The molecule has 2 N–H and O–H groups in total. The van der Waals surface area contributed by atoms with Gasteiger partial charge in [0.25, 0.3) is 0 Å². The predicted molar refractivity (Wildman–Crippen MR) is 70.4 cm³/mol. The van der Waals surface area contributed by atoms with Crippen molar-refractivity contribution in [2.45, 2.75) is 18.9 Å². The first kappa shape index (κ1) is 13.6. The summed E-state index contributed by atoms with van der Waals surface area (Å²) in [5.41, 5.74) is 0.816. The molecule has 0 aliphatic heterocycles. The summed E-state index contributed by atoms with van der Waals surface area (Å²) < 4.78 is 10.2. The molecule has 5 heteroatoms. The lowest BCUT2D eigenvalue weighted by Crippen LogP contribution is -2.13. The summed E-state index contributed by atoms with van der Waals surface area (Å²) in [6.07, 6.45) is 0.109. The summed E-state index contributed by atoms with van der Waals surface area (Å²) in [5.74, 6) is 0.614. The smallest absolute Gasteiger partial charge is 0.336 e. The van der Waals surface area contributed by atoms with Crippen LogP contribution in [0.5, 0.6) is 5.75 Å². The molecule has 19 heavy (non-hydrogen) atoms. The van der Waals surface area contributed by atoms with Gasteiger partial charge in [0.2, 0.25) is 0 Å². The van der Waals surface area contributed by atoms with Crippen molar-refractivity contribution in [2.75, 3.05) is 13.7 Å². The highest BCUT2D eigenvalue weighted by molar-refractivity contribution is 5.81. The Morgan fingerprint density at radius 3 is 2.84 bits per heavy atom. The van der Waals surface area contributed by atoms with Gasteiger partial charge >= 0.3 is 5.63 Å². The van der Waals surface area contributed by atoms with Crippen LogP contribution in [-0.4, -0.2) is 30.0 Å². The molecule has 0 radical (unpaired) electrons. The number of benzene rings is 1. The fourth-order valence-corrected chi connectivity index (χ4v) is 1.96. The van der Waals surface area contributed by atoms with Gasteiger partial charge in [-0.25, -0.2) is 4.79 Å². The normalized spacial score (nSPS) is 12.6. The molecule has 1 aromatic carbocycles. The van der Waals surface area contributed by atoms with Gasteiger partial charge in [-0.05, 0) is 30.5 Å². The molecule has 2 rings (SSSR count). The summed E-state index contributed by atoms with van der Waals surface area (Å²) in [4.78, 5) is 11.5. The van der Waals surface area contributed by atoms with Crippen LogP contribution in [0.25, 0.3) is 11.0 Å². The average molecular weight is 264 g/mol. The van der Waals surface area contributed by atoms with Gasteiger partial charge < -0.3 is 19.4 Å². The second-order valence-electron chi connectivity index (χ2n) is 4.33. The summed E-state index contributed by atoms with van der Waals surface area (Å²) in [7, 11) is 1.54. The van der Waals surface area contributed by atoms with E-state index in [-0.39, 0.29) is 6.61 Å². The molecule has 0 aliphatic carbocycles. The van der Waals surface area contributed by atoms with Gasteiger partial charge in [-0.3, -0.25) is 0 Å². The van der Waals surface area contributed by atoms with Crippen LogP contribution in [0.15, 0.2) is 33.5 Å². The summed E-state index contributed by atoms with van der Waals surface area (Å²) in [6.45, 7) is -0.285. The predicted octanol–water partition coefficient (Wildman–Crippen LogP) is 1.09. The topological polar surface area (TPSA) is 79.9 Å². The Morgan fingerprint density at radius 2 is 2.16 bits per heavy atom. The monoisotopic (exact) mass is 264 g/mol. The van der Waals surface area contributed by atoms with Gasteiger partial charge in [-0.2, -0.15) is 0 Å². The van der Waals surface area contributed by atoms with Crippen LogP contribution in [-0.2, 0) is 6.42 Å². The number of aliphatic hydroxyl groups excluding tert-OH is 2. The summed E-state index contributed by atoms with van der Waals surface area (Å²) in [5, 5.41) is 19.0. The number of rotatable bonds is 5. The summed E-state index contributed by atoms with van der Waals surface area (Å²) >= 11 is 0. The van der Waals surface area contributed by atoms with Crippen molar-refractivity contribution in [2.24, 2.45) is 0 Å². The van der Waals surface area contributed by atoms with E-state index < -0.39 is 11.7 Å². The number of aryl methyl sites for hydroxylation is 1. The maximum Gasteiger partial charge on any atom is 0.336 e. The molecule has 5 nitrogen and oxygen atoms in total. The molecule has 0 amide bonds. The zero-order chi connectivity index (χ0) is 13.8. The minimum atomic E-state index is -0.777. The number of ether oxygens (including phenoxy) is 1. The molecule has 0 saturated heterocycles. The molecule has 0 bridgehead atoms. The Kier molecular flexibility index (Phi) is 4.19. The van der Waals surface area contributed by atoms with Crippen LogP contribution >= 0.6 is 0 Å². The lowest BCUT2D eigenvalue weighted by molar-refractivity contribution is 0.0886. The van der Waals surface area contributed by atoms with Gasteiger partial charge in [-0.1, -0.05) is 0 Å². The summed E-state index contributed by atoms with van der Waals surface area (Å²) in [6, 6.07) is 6.67. The van der Waals surface area contributed by atoms with Crippen LogP contribution < -0.4 is 10.4 Å². The van der Waals surface area contributed by atoms with Crippen molar-refractivity contribution in [3.63, 3.8) is 0 Å². The Balaban J connectivity index is 2.40. The fraction of sp³-hybridized carbons (Fsp3) is 0.357. The number of fused-ring (bicyclic) bond motifs is 1. The van der Waals surface area contributed by atoms with Gasteiger partial charge in [0.1, 0.15) is 11.3 Å². The van der Waals surface area contributed by atoms with Gasteiger partial charge in [0, 0.05) is 17.5 Å². The quantitative estimate of drug-likeness (QED) is 0.790. The third kappa shape index (κ3) is 3.13. The van der Waals surface area contributed by atoms with Crippen LogP contribution in [0, 0.1) is 0 Å². The van der Waals surface area contributed by atoms with Crippen molar-refractivity contribution >= 4 is 11.0 Å². The Hall–Kier alpha value is -1.85. The molecule has 1 heterocycles. The van der Waals surface area contributed by atoms with E-state index in [2.05, 4.69) is 0 Å². The highest BCUT2D eigenvalue weighted by Crippen LogP contribution is 2.23. The Labute approximate surface area is 110 Å². The van der Waals surface area contributed by atoms with E-state index in [0.29, 0.717) is 24.2 Å². The maximum absolute atomic E-state index is 11.5. The third-order valence-corrected chi connectivity index (χ3v) is 3.00. The average Bonchev–Trinajstić information content (AvgIpc) is 2.43. The first-order valence-corrected chi connectivity index (χ1v) is 6.03. The number of aliphatic hydroxyl groups is 2. The third-order valence-electron chi connectivity index (χ3n) is 3.00. The van der Waals surface area contributed by atoms with Crippen molar-refractivity contribution < 1.29 is 19.4 Å². The van der Waals surface area contributed by atoms with E-state index in [1.165, 1.54) is 6.07 Å². The molecular weight excluding hydrogens is 248 g/mol. The molecule has 0 aliphatic rings. The van der Waals surface area contributed by atoms with E-state index in [1.54, 1.807) is 19.2 Å². The van der Waals surface area contributed by atoms with Gasteiger partial charge in [0.15, 0.2) is 0 Å². The van der Waals surface area contributed by atoms with Crippen molar-refractivity contribution in [3.8, 4) is 5.75 Å². The largest absolute Gasteiger partial charge is 0.497 e. The molecular formula is C14H16O5. The highest BCUT2D eigenvalue weighted by atomic mass is 16.5. The number of hydrogen-bond acceptors (Lipinski definition) is 5. The molecule has 0 saturated carbocycles. The van der Waals surface area contributed by atoms with Crippen LogP contribution in [0.1, 0.15) is 12.0 Å². The van der Waals surface area contributed by atoms with E-state index >= 15 is 0 Å².